The Hall–Kier alpha value is -2.50. The summed E-state index contributed by atoms with van der Waals surface area (Å²) < 4.78 is 4.03. The van der Waals surface area contributed by atoms with Crippen LogP contribution in [0.25, 0.3) is 5.69 Å². The maximum Gasteiger partial charge on any atom is 0.180 e. The summed E-state index contributed by atoms with van der Waals surface area (Å²) >= 11 is 5.45. The normalized spacial score (nSPS) is 12.8. The van der Waals surface area contributed by atoms with Crippen molar-refractivity contribution in [1.82, 2.24) is 9.36 Å². The molecule has 0 aliphatic heterocycles. The first-order valence-electron chi connectivity index (χ1n) is 8.96. The number of aliphatic hydroxyl groups excluding tert-OH is 1. The minimum Gasteiger partial charge on any atom is -0.778 e. The number of nitrogens with zero attached hydrogens (tertiary/aromatic N) is 4. The van der Waals surface area contributed by atoms with Gasteiger partial charge in [0.25, 0.3) is 0 Å². The monoisotopic (exact) mass is 455 g/mol. The number of benzene rings is 2. The van der Waals surface area contributed by atoms with E-state index in [2.05, 4.69) is 0 Å². The first kappa shape index (κ1) is 22.8. The molecular weight excluding hydrogens is 434 g/mol. The Kier molecular flexibility index (Phi) is 7.71. The van der Waals surface area contributed by atoms with Crippen LogP contribution in [0.5, 0.6) is 0 Å². The summed E-state index contributed by atoms with van der Waals surface area (Å²) in [6, 6.07) is 17.6. The van der Waals surface area contributed by atoms with Gasteiger partial charge in [-0.3, -0.25) is 4.68 Å². The van der Waals surface area contributed by atoms with Crippen LogP contribution >= 0.6 is 0 Å². The van der Waals surface area contributed by atoms with Gasteiger partial charge < -0.3 is 17.7 Å². The summed E-state index contributed by atoms with van der Waals surface area (Å²) in [4.78, 5) is 10.3. The number of aliphatic hydroxyl groups is 1. The summed E-state index contributed by atoms with van der Waals surface area (Å²) in [6.07, 6.45) is 1.63. The van der Waals surface area contributed by atoms with Crippen molar-refractivity contribution in [2.75, 3.05) is 0 Å². The Labute approximate surface area is 189 Å². The number of hydrogen-bond donors (Lipinski definition) is 1. The Balaban J connectivity index is 0.00000300. The van der Waals surface area contributed by atoms with Crippen LogP contribution in [0.15, 0.2) is 81.3 Å². The number of allylic oxidation sites excluding steroid dienone is 2. The fourth-order valence-corrected chi connectivity index (χ4v) is 3.17. The molecule has 29 heavy (non-hydrogen) atoms. The molecule has 0 radical (unpaired) electrons. The molecule has 1 N–H and O–H groups in total. The van der Waals surface area contributed by atoms with E-state index < -0.39 is 0 Å². The summed E-state index contributed by atoms with van der Waals surface area (Å²) in [7, 11) is 1.97. The standard InChI is InChI=1S/C22H24N4OS.Zn/c1-15(14-16(2)27)23-21-17(3)25(4)26(18-10-6-5-7-11-18)22(21)24-19-12-8-9-13-20(19)28;/h5-14,27-28H,1-4H3;/p-1/b16-14-,23-15?,24-22?;. The van der Waals surface area contributed by atoms with Crippen molar-refractivity contribution in [2.24, 2.45) is 17.0 Å². The summed E-state index contributed by atoms with van der Waals surface area (Å²) in [5, 5.41) is 9.58. The van der Waals surface area contributed by atoms with Crippen molar-refractivity contribution in [3.63, 3.8) is 0 Å². The Bertz CT molecular complexity index is 1120. The second-order valence-electron chi connectivity index (χ2n) is 6.55. The first-order chi connectivity index (χ1) is 13.4. The molecule has 0 saturated carbocycles. The van der Waals surface area contributed by atoms with Crippen molar-refractivity contribution in [3.8, 4) is 5.69 Å². The minimum absolute atomic E-state index is 0. The largest absolute Gasteiger partial charge is 0.778 e. The topological polar surface area (TPSA) is 54.8 Å². The second-order valence-corrected chi connectivity index (χ2v) is 6.99. The van der Waals surface area contributed by atoms with Crippen molar-refractivity contribution in [3.05, 3.63) is 77.6 Å². The van der Waals surface area contributed by atoms with Gasteiger partial charge in [-0.2, -0.15) is 0 Å². The number of para-hydroxylation sites is 2. The molecule has 0 aliphatic rings. The summed E-state index contributed by atoms with van der Waals surface area (Å²) in [6.45, 7) is 5.48. The number of hydrogen-bond acceptors (Lipinski definition) is 4. The van der Waals surface area contributed by atoms with Gasteiger partial charge in [-0.25, -0.2) is 14.7 Å². The molecule has 1 heterocycles. The smallest absolute Gasteiger partial charge is 0.180 e. The van der Waals surface area contributed by atoms with Gasteiger partial charge in [0, 0.05) is 37.9 Å². The Morgan fingerprint density at radius 1 is 1.03 bits per heavy atom. The van der Waals surface area contributed by atoms with Gasteiger partial charge in [-0.05, 0) is 45.0 Å². The minimum atomic E-state index is 0. The predicted molar refractivity (Wildman–Crippen MR) is 116 cm³/mol. The van der Waals surface area contributed by atoms with Crippen molar-refractivity contribution in [2.45, 2.75) is 25.7 Å². The fourth-order valence-electron chi connectivity index (χ4n) is 2.98. The van der Waals surface area contributed by atoms with Gasteiger partial charge in [-0.15, -0.1) is 4.90 Å². The van der Waals surface area contributed by atoms with Crippen molar-refractivity contribution in [1.29, 1.82) is 0 Å². The molecule has 5 nitrogen and oxygen atoms in total. The molecule has 3 aromatic rings. The van der Waals surface area contributed by atoms with Crippen molar-refractivity contribution >= 4 is 29.7 Å². The quantitative estimate of drug-likeness (QED) is 0.265. The fraction of sp³-hybridized carbons (Fsp3) is 0.182. The van der Waals surface area contributed by atoms with E-state index in [4.69, 9.17) is 22.6 Å². The molecule has 0 saturated heterocycles. The molecule has 0 spiro atoms. The first-order valence-corrected chi connectivity index (χ1v) is 9.36. The molecule has 0 fully saturated rings. The van der Waals surface area contributed by atoms with E-state index in [0.717, 1.165) is 22.8 Å². The zero-order valence-corrected chi connectivity index (χ0v) is 20.9. The third kappa shape index (κ3) is 5.11. The van der Waals surface area contributed by atoms with Gasteiger partial charge in [-0.1, -0.05) is 36.4 Å². The molecule has 0 atom stereocenters. The Morgan fingerprint density at radius 2 is 1.66 bits per heavy atom. The summed E-state index contributed by atoms with van der Waals surface area (Å²) in [5.41, 5.74) is 4.76. The van der Waals surface area contributed by atoms with E-state index in [1.165, 1.54) is 0 Å². The maximum atomic E-state index is 9.58. The van der Waals surface area contributed by atoms with E-state index in [9.17, 15) is 5.11 Å². The van der Waals surface area contributed by atoms with Crippen LogP contribution in [0.3, 0.4) is 0 Å². The van der Waals surface area contributed by atoms with Gasteiger partial charge in [0.1, 0.15) is 5.69 Å². The van der Waals surface area contributed by atoms with Gasteiger partial charge in [0.05, 0.1) is 17.1 Å². The summed E-state index contributed by atoms with van der Waals surface area (Å²) in [5.74, 6) is 0.208. The van der Waals surface area contributed by atoms with Gasteiger partial charge in [0.15, 0.2) is 5.49 Å². The van der Waals surface area contributed by atoms with Gasteiger partial charge >= 0.3 is 0 Å². The Morgan fingerprint density at radius 3 is 2.28 bits per heavy atom. The third-order valence-electron chi connectivity index (χ3n) is 4.34. The second kappa shape index (κ2) is 9.81. The van der Waals surface area contributed by atoms with E-state index >= 15 is 0 Å². The molecule has 0 amide bonds. The van der Waals surface area contributed by atoms with Crippen LogP contribution in [-0.2, 0) is 39.2 Å². The number of aromatic nitrogens is 2. The molecule has 3 rings (SSSR count). The van der Waals surface area contributed by atoms with E-state index in [0.29, 0.717) is 16.1 Å². The van der Waals surface area contributed by atoms with E-state index in [1.54, 1.807) is 13.0 Å². The molecule has 0 unspecified atom stereocenters. The zero-order valence-electron chi connectivity index (χ0n) is 17.1. The average molecular weight is 457 g/mol. The predicted octanol–water partition coefficient (Wildman–Crippen LogP) is 4.81. The van der Waals surface area contributed by atoms with Crippen LogP contribution < -0.4 is 5.49 Å². The zero-order chi connectivity index (χ0) is 20.3. The van der Waals surface area contributed by atoms with Crippen LogP contribution in [0.1, 0.15) is 19.5 Å². The maximum absolute atomic E-state index is 9.58. The van der Waals surface area contributed by atoms with Crippen LogP contribution in [-0.4, -0.2) is 20.2 Å². The van der Waals surface area contributed by atoms with E-state index in [1.807, 2.05) is 84.9 Å². The number of aliphatic imine (C=N–C) groups is 1. The molecule has 2 aromatic carbocycles. The SMILES string of the molecule is CC(/C=C(/C)O)=Nc1c(C)n(C)n(-c2ccccc2)c1=Nc1ccccc1[S-].[Zn]. The molecule has 0 bridgehead atoms. The van der Waals surface area contributed by atoms with Crippen LogP contribution in [0, 0.1) is 6.92 Å². The molecule has 7 heteroatoms. The van der Waals surface area contributed by atoms with Crippen LogP contribution in [0.2, 0.25) is 0 Å². The molecule has 1 aromatic heterocycles. The van der Waals surface area contributed by atoms with Gasteiger partial charge in [0.2, 0.25) is 0 Å². The number of rotatable bonds is 4. The third-order valence-corrected chi connectivity index (χ3v) is 4.68. The van der Waals surface area contributed by atoms with Crippen molar-refractivity contribution < 1.29 is 24.6 Å². The molecule has 0 aliphatic carbocycles. The van der Waals surface area contributed by atoms with E-state index in [-0.39, 0.29) is 25.2 Å². The van der Waals surface area contributed by atoms with Crippen LogP contribution in [0.4, 0.5) is 11.4 Å². The molecule has 146 valence electrons. The average Bonchev–Trinajstić information content (AvgIpc) is 2.88. The molecular formula is C22H23N4OSZn-.